The SMILES string of the molecule is Cc1cc(I)ccc1NC(=O)c1ccccc1OCCN(C)C. The van der Waals surface area contributed by atoms with Crippen LogP contribution >= 0.6 is 22.6 Å². The minimum atomic E-state index is -0.158. The summed E-state index contributed by atoms with van der Waals surface area (Å²) >= 11 is 2.26. The molecule has 2 aromatic rings. The van der Waals surface area contributed by atoms with Gasteiger partial charge in [0.05, 0.1) is 5.56 Å². The Hall–Kier alpha value is -1.60. The van der Waals surface area contributed by atoms with Gasteiger partial charge in [-0.15, -0.1) is 0 Å². The van der Waals surface area contributed by atoms with E-state index in [-0.39, 0.29) is 5.91 Å². The first-order chi connectivity index (χ1) is 11.0. The molecule has 23 heavy (non-hydrogen) atoms. The van der Waals surface area contributed by atoms with Gasteiger partial charge >= 0.3 is 0 Å². The molecule has 5 heteroatoms. The summed E-state index contributed by atoms with van der Waals surface area (Å²) in [5, 5.41) is 2.96. The molecule has 0 aromatic heterocycles. The van der Waals surface area contributed by atoms with E-state index < -0.39 is 0 Å². The number of nitrogens with one attached hydrogen (secondary N) is 1. The van der Waals surface area contributed by atoms with E-state index in [0.29, 0.717) is 17.9 Å². The highest BCUT2D eigenvalue weighted by Gasteiger charge is 2.13. The molecule has 0 aliphatic rings. The van der Waals surface area contributed by atoms with Crippen LogP contribution in [-0.4, -0.2) is 38.1 Å². The molecule has 0 heterocycles. The number of aryl methyl sites for hydroxylation is 1. The first-order valence-corrected chi connectivity index (χ1v) is 8.49. The van der Waals surface area contributed by atoms with Crippen molar-refractivity contribution in [2.45, 2.75) is 6.92 Å². The largest absolute Gasteiger partial charge is 0.491 e. The number of carbonyl (C=O) groups is 1. The molecule has 1 amide bonds. The molecular weight excluding hydrogens is 403 g/mol. The third-order valence-electron chi connectivity index (χ3n) is 3.36. The summed E-state index contributed by atoms with van der Waals surface area (Å²) in [6, 6.07) is 13.3. The number of ether oxygens (including phenoxy) is 1. The summed E-state index contributed by atoms with van der Waals surface area (Å²) in [4.78, 5) is 14.6. The Bertz CT molecular complexity index is 686. The minimum absolute atomic E-state index is 0.158. The second-order valence-corrected chi connectivity index (χ2v) is 6.81. The van der Waals surface area contributed by atoms with Gasteiger partial charge in [0.2, 0.25) is 0 Å². The number of hydrogen-bond donors (Lipinski definition) is 1. The van der Waals surface area contributed by atoms with Gasteiger partial charge < -0.3 is 15.0 Å². The van der Waals surface area contributed by atoms with E-state index in [0.717, 1.165) is 21.4 Å². The first-order valence-electron chi connectivity index (χ1n) is 7.41. The van der Waals surface area contributed by atoms with Gasteiger partial charge in [-0.05, 0) is 79.5 Å². The van der Waals surface area contributed by atoms with Crippen molar-refractivity contribution in [1.82, 2.24) is 4.90 Å². The Morgan fingerprint density at radius 3 is 2.65 bits per heavy atom. The molecule has 0 saturated heterocycles. The van der Waals surface area contributed by atoms with Crippen LogP contribution in [0.2, 0.25) is 0 Å². The number of anilines is 1. The highest BCUT2D eigenvalue weighted by molar-refractivity contribution is 14.1. The zero-order valence-electron chi connectivity index (χ0n) is 13.6. The smallest absolute Gasteiger partial charge is 0.259 e. The fourth-order valence-corrected chi connectivity index (χ4v) is 2.72. The average molecular weight is 424 g/mol. The maximum absolute atomic E-state index is 12.6. The van der Waals surface area contributed by atoms with E-state index >= 15 is 0 Å². The lowest BCUT2D eigenvalue weighted by atomic mass is 10.1. The molecule has 4 nitrogen and oxygen atoms in total. The van der Waals surface area contributed by atoms with Crippen molar-refractivity contribution >= 4 is 34.2 Å². The van der Waals surface area contributed by atoms with Crippen molar-refractivity contribution in [3.8, 4) is 5.75 Å². The first kappa shape index (κ1) is 17.7. The fraction of sp³-hybridized carbons (Fsp3) is 0.278. The fourth-order valence-electron chi connectivity index (χ4n) is 2.08. The lowest BCUT2D eigenvalue weighted by Gasteiger charge is -2.14. The van der Waals surface area contributed by atoms with Crippen LogP contribution in [0.3, 0.4) is 0 Å². The molecule has 0 spiro atoms. The Kier molecular flexibility index (Phi) is 6.41. The summed E-state index contributed by atoms with van der Waals surface area (Å²) in [5.41, 5.74) is 2.40. The summed E-state index contributed by atoms with van der Waals surface area (Å²) in [5.74, 6) is 0.449. The molecule has 2 aromatic carbocycles. The van der Waals surface area contributed by atoms with Crippen molar-refractivity contribution in [3.05, 3.63) is 57.2 Å². The Balaban J connectivity index is 2.12. The van der Waals surface area contributed by atoms with Gasteiger partial charge in [0.1, 0.15) is 12.4 Å². The van der Waals surface area contributed by atoms with Crippen molar-refractivity contribution in [2.75, 3.05) is 32.6 Å². The lowest BCUT2D eigenvalue weighted by molar-refractivity contribution is 0.102. The van der Waals surface area contributed by atoms with E-state index in [1.54, 1.807) is 6.07 Å². The quantitative estimate of drug-likeness (QED) is 0.718. The molecule has 0 unspecified atom stereocenters. The van der Waals surface area contributed by atoms with Crippen molar-refractivity contribution < 1.29 is 9.53 Å². The number of halogens is 1. The molecular formula is C18H21IN2O2. The van der Waals surface area contributed by atoms with Gasteiger partial charge in [-0.3, -0.25) is 4.79 Å². The molecule has 0 bridgehead atoms. The topological polar surface area (TPSA) is 41.6 Å². The molecule has 0 fully saturated rings. The third kappa shape index (κ3) is 5.21. The van der Waals surface area contributed by atoms with Gasteiger partial charge in [-0.25, -0.2) is 0 Å². The normalized spacial score (nSPS) is 10.7. The van der Waals surface area contributed by atoms with Gasteiger partial charge in [-0.1, -0.05) is 12.1 Å². The molecule has 2 rings (SSSR count). The summed E-state index contributed by atoms with van der Waals surface area (Å²) in [6.07, 6.45) is 0. The van der Waals surface area contributed by atoms with E-state index in [9.17, 15) is 4.79 Å². The van der Waals surface area contributed by atoms with Crippen LogP contribution in [0.1, 0.15) is 15.9 Å². The molecule has 1 N–H and O–H groups in total. The minimum Gasteiger partial charge on any atom is -0.491 e. The Labute approximate surface area is 151 Å². The average Bonchev–Trinajstić information content (AvgIpc) is 2.50. The second-order valence-electron chi connectivity index (χ2n) is 5.56. The Morgan fingerprint density at radius 2 is 1.96 bits per heavy atom. The number of rotatable bonds is 6. The number of para-hydroxylation sites is 1. The van der Waals surface area contributed by atoms with E-state index in [2.05, 4.69) is 27.9 Å². The number of amides is 1. The monoisotopic (exact) mass is 424 g/mol. The van der Waals surface area contributed by atoms with Crippen LogP contribution in [0.4, 0.5) is 5.69 Å². The van der Waals surface area contributed by atoms with Crippen LogP contribution in [0.5, 0.6) is 5.75 Å². The van der Waals surface area contributed by atoms with Crippen molar-refractivity contribution in [2.24, 2.45) is 0 Å². The molecule has 122 valence electrons. The van der Waals surface area contributed by atoms with Crippen LogP contribution < -0.4 is 10.1 Å². The van der Waals surface area contributed by atoms with Crippen LogP contribution in [0.25, 0.3) is 0 Å². The van der Waals surface area contributed by atoms with E-state index in [4.69, 9.17) is 4.74 Å². The lowest BCUT2D eigenvalue weighted by Crippen LogP contribution is -2.21. The molecule has 0 radical (unpaired) electrons. The number of carbonyl (C=O) groups excluding carboxylic acids is 1. The molecule has 0 saturated carbocycles. The van der Waals surface area contributed by atoms with E-state index in [1.807, 2.05) is 62.3 Å². The zero-order valence-corrected chi connectivity index (χ0v) is 15.8. The van der Waals surface area contributed by atoms with Gasteiger partial charge in [0.15, 0.2) is 0 Å². The number of benzene rings is 2. The maximum atomic E-state index is 12.6. The predicted octanol–water partition coefficient (Wildman–Crippen LogP) is 3.79. The van der Waals surface area contributed by atoms with Gasteiger partial charge in [0, 0.05) is 15.8 Å². The summed E-state index contributed by atoms with van der Waals surface area (Å²) in [6.45, 7) is 3.32. The molecule has 0 aliphatic carbocycles. The highest BCUT2D eigenvalue weighted by Crippen LogP contribution is 2.22. The molecule has 0 atom stereocenters. The van der Waals surface area contributed by atoms with Gasteiger partial charge in [0.25, 0.3) is 5.91 Å². The number of hydrogen-bond acceptors (Lipinski definition) is 3. The Morgan fingerprint density at radius 1 is 1.22 bits per heavy atom. The van der Waals surface area contributed by atoms with Crippen LogP contribution in [0, 0.1) is 10.5 Å². The van der Waals surface area contributed by atoms with Crippen LogP contribution in [-0.2, 0) is 0 Å². The highest BCUT2D eigenvalue weighted by atomic mass is 127. The maximum Gasteiger partial charge on any atom is 0.259 e. The van der Waals surface area contributed by atoms with Crippen molar-refractivity contribution in [1.29, 1.82) is 0 Å². The van der Waals surface area contributed by atoms with Gasteiger partial charge in [-0.2, -0.15) is 0 Å². The molecule has 0 aliphatic heterocycles. The summed E-state index contributed by atoms with van der Waals surface area (Å²) in [7, 11) is 3.98. The van der Waals surface area contributed by atoms with E-state index in [1.165, 1.54) is 0 Å². The zero-order chi connectivity index (χ0) is 16.8. The number of nitrogens with zero attached hydrogens (tertiary/aromatic N) is 1. The second kappa shape index (κ2) is 8.31. The summed E-state index contributed by atoms with van der Waals surface area (Å²) < 4.78 is 6.90. The third-order valence-corrected chi connectivity index (χ3v) is 4.04. The van der Waals surface area contributed by atoms with Crippen molar-refractivity contribution in [3.63, 3.8) is 0 Å². The number of likely N-dealkylation sites (N-methyl/N-ethyl adjacent to an activating group) is 1. The standard InChI is InChI=1S/C18H21IN2O2/c1-13-12-14(19)8-9-16(13)20-18(22)15-6-4-5-7-17(15)23-11-10-21(2)3/h4-9,12H,10-11H2,1-3H3,(H,20,22). The predicted molar refractivity (Wildman–Crippen MR) is 102 cm³/mol. The van der Waals surface area contributed by atoms with Crippen LogP contribution in [0.15, 0.2) is 42.5 Å².